The van der Waals surface area contributed by atoms with E-state index >= 15 is 0 Å². The molecule has 0 radical (unpaired) electrons. The third kappa shape index (κ3) is 2.64. The molecular formula is C13H17BrFN. The smallest absolute Gasteiger partial charge is 0.123 e. The van der Waals surface area contributed by atoms with Crippen LogP contribution in [-0.4, -0.2) is 22.8 Å². The minimum atomic E-state index is -0.139. The lowest BCUT2D eigenvalue weighted by Crippen LogP contribution is -2.30. The monoisotopic (exact) mass is 285 g/mol. The Morgan fingerprint density at radius 1 is 1.50 bits per heavy atom. The van der Waals surface area contributed by atoms with Crippen LogP contribution in [0, 0.1) is 12.7 Å². The number of rotatable bonds is 3. The van der Waals surface area contributed by atoms with Gasteiger partial charge in [0.15, 0.2) is 0 Å². The zero-order valence-electron chi connectivity index (χ0n) is 9.55. The van der Waals surface area contributed by atoms with Crippen molar-refractivity contribution < 1.29 is 4.39 Å². The predicted octanol–water partition coefficient (Wildman–Crippen LogP) is 3.49. The fourth-order valence-electron chi connectivity index (χ4n) is 2.33. The normalized spacial score (nSPS) is 21.6. The van der Waals surface area contributed by atoms with Crippen LogP contribution in [-0.2, 0) is 6.54 Å². The van der Waals surface area contributed by atoms with Gasteiger partial charge in [-0.15, -0.1) is 0 Å². The van der Waals surface area contributed by atoms with Crippen molar-refractivity contribution >= 4 is 15.9 Å². The van der Waals surface area contributed by atoms with Gasteiger partial charge in [-0.1, -0.05) is 22.0 Å². The molecule has 1 heterocycles. The molecule has 0 bridgehead atoms. The van der Waals surface area contributed by atoms with E-state index in [2.05, 4.69) is 20.8 Å². The summed E-state index contributed by atoms with van der Waals surface area (Å²) in [6.07, 6.45) is 2.54. The Hall–Kier alpha value is -0.410. The number of halogens is 2. The van der Waals surface area contributed by atoms with Gasteiger partial charge in [-0.05, 0) is 49.6 Å². The van der Waals surface area contributed by atoms with Crippen LogP contribution in [0.1, 0.15) is 24.0 Å². The van der Waals surface area contributed by atoms with Crippen molar-refractivity contribution in [3.8, 4) is 0 Å². The SMILES string of the molecule is Cc1cc(F)ccc1CN1CCCC1CBr. The first-order chi connectivity index (χ1) is 7.70. The summed E-state index contributed by atoms with van der Waals surface area (Å²) in [6.45, 7) is 4.09. The molecule has 1 nitrogen and oxygen atoms in total. The van der Waals surface area contributed by atoms with E-state index < -0.39 is 0 Å². The van der Waals surface area contributed by atoms with Crippen LogP contribution in [0.3, 0.4) is 0 Å². The summed E-state index contributed by atoms with van der Waals surface area (Å²) in [5, 5.41) is 1.03. The van der Waals surface area contributed by atoms with Crippen LogP contribution >= 0.6 is 15.9 Å². The van der Waals surface area contributed by atoms with Crippen molar-refractivity contribution in [1.82, 2.24) is 4.90 Å². The molecule has 0 aliphatic carbocycles. The molecule has 3 heteroatoms. The van der Waals surface area contributed by atoms with E-state index in [0.717, 1.165) is 24.0 Å². The van der Waals surface area contributed by atoms with Gasteiger partial charge in [0.05, 0.1) is 0 Å². The minimum absolute atomic E-state index is 0.139. The number of aryl methyl sites for hydroxylation is 1. The third-order valence-corrected chi connectivity index (χ3v) is 4.10. The molecule has 1 unspecified atom stereocenters. The van der Waals surface area contributed by atoms with Crippen molar-refractivity contribution in [1.29, 1.82) is 0 Å². The standard InChI is InChI=1S/C13H17BrFN/c1-10-7-12(15)5-4-11(10)9-16-6-2-3-13(16)8-14/h4-5,7,13H,2-3,6,8-9H2,1H3. The maximum Gasteiger partial charge on any atom is 0.123 e. The van der Waals surface area contributed by atoms with Gasteiger partial charge in [0.25, 0.3) is 0 Å². The Morgan fingerprint density at radius 3 is 3.00 bits per heavy atom. The highest BCUT2D eigenvalue weighted by Crippen LogP contribution is 2.22. The number of hydrogen-bond donors (Lipinski definition) is 0. The van der Waals surface area contributed by atoms with Crippen LogP contribution in [0.4, 0.5) is 4.39 Å². The molecule has 1 aromatic carbocycles. The lowest BCUT2D eigenvalue weighted by Gasteiger charge is -2.23. The van der Waals surface area contributed by atoms with Crippen molar-refractivity contribution in [3.05, 3.63) is 35.1 Å². The molecule has 1 aromatic rings. The van der Waals surface area contributed by atoms with E-state index in [4.69, 9.17) is 0 Å². The summed E-state index contributed by atoms with van der Waals surface area (Å²) in [6, 6.07) is 5.73. The summed E-state index contributed by atoms with van der Waals surface area (Å²) >= 11 is 3.56. The number of hydrogen-bond acceptors (Lipinski definition) is 1. The van der Waals surface area contributed by atoms with Gasteiger partial charge in [-0.25, -0.2) is 4.39 Å². The molecule has 16 heavy (non-hydrogen) atoms. The lowest BCUT2D eigenvalue weighted by molar-refractivity contribution is 0.264. The van der Waals surface area contributed by atoms with Crippen molar-refractivity contribution in [3.63, 3.8) is 0 Å². The van der Waals surface area contributed by atoms with Crippen molar-refractivity contribution in [2.24, 2.45) is 0 Å². The largest absolute Gasteiger partial charge is 0.295 e. The van der Waals surface area contributed by atoms with E-state index in [-0.39, 0.29) is 5.82 Å². The highest BCUT2D eigenvalue weighted by atomic mass is 79.9. The summed E-state index contributed by atoms with van der Waals surface area (Å²) in [7, 11) is 0. The fraction of sp³-hybridized carbons (Fsp3) is 0.538. The van der Waals surface area contributed by atoms with Gasteiger partial charge in [0.2, 0.25) is 0 Å². The number of alkyl halides is 1. The molecular weight excluding hydrogens is 269 g/mol. The van der Waals surface area contributed by atoms with Crippen molar-refractivity contribution in [2.45, 2.75) is 32.4 Å². The predicted molar refractivity (Wildman–Crippen MR) is 68.4 cm³/mol. The molecule has 2 rings (SSSR count). The molecule has 1 aliphatic heterocycles. The van der Waals surface area contributed by atoms with E-state index in [0.29, 0.717) is 6.04 Å². The van der Waals surface area contributed by atoms with E-state index in [1.165, 1.54) is 18.4 Å². The second-order valence-corrected chi connectivity index (χ2v) is 5.14. The minimum Gasteiger partial charge on any atom is -0.295 e. The third-order valence-electron chi connectivity index (χ3n) is 3.36. The summed E-state index contributed by atoms with van der Waals surface area (Å²) in [5.41, 5.74) is 2.30. The first-order valence-electron chi connectivity index (χ1n) is 5.75. The van der Waals surface area contributed by atoms with Gasteiger partial charge in [0.1, 0.15) is 5.82 Å². The molecule has 1 fully saturated rings. The van der Waals surface area contributed by atoms with Crippen LogP contribution in [0.5, 0.6) is 0 Å². The first kappa shape index (κ1) is 12.1. The molecule has 88 valence electrons. The van der Waals surface area contributed by atoms with Gasteiger partial charge in [0, 0.05) is 17.9 Å². The molecule has 0 aromatic heterocycles. The Balaban J connectivity index is 2.08. The highest BCUT2D eigenvalue weighted by Gasteiger charge is 2.23. The molecule has 0 amide bonds. The summed E-state index contributed by atoms with van der Waals surface area (Å²) in [5.74, 6) is -0.139. The Kier molecular flexibility index (Phi) is 3.98. The Bertz CT molecular complexity index is 367. The summed E-state index contributed by atoms with van der Waals surface area (Å²) < 4.78 is 13.0. The second kappa shape index (κ2) is 5.28. The fourth-order valence-corrected chi connectivity index (χ4v) is 3.07. The molecule has 1 atom stereocenters. The van der Waals surface area contributed by atoms with Crippen LogP contribution in [0.15, 0.2) is 18.2 Å². The van der Waals surface area contributed by atoms with E-state index in [1.807, 2.05) is 13.0 Å². The molecule has 1 saturated heterocycles. The van der Waals surface area contributed by atoms with Gasteiger partial charge in [-0.2, -0.15) is 0 Å². The first-order valence-corrected chi connectivity index (χ1v) is 6.88. The number of benzene rings is 1. The highest BCUT2D eigenvalue weighted by molar-refractivity contribution is 9.09. The van der Waals surface area contributed by atoms with E-state index in [1.54, 1.807) is 12.1 Å². The molecule has 0 N–H and O–H groups in total. The zero-order chi connectivity index (χ0) is 11.5. The van der Waals surface area contributed by atoms with Crippen molar-refractivity contribution in [2.75, 3.05) is 11.9 Å². The molecule has 0 spiro atoms. The number of likely N-dealkylation sites (tertiary alicyclic amines) is 1. The topological polar surface area (TPSA) is 3.24 Å². The van der Waals surface area contributed by atoms with Gasteiger partial charge < -0.3 is 0 Å². The molecule has 0 saturated carbocycles. The zero-order valence-corrected chi connectivity index (χ0v) is 11.1. The van der Waals surface area contributed by atoms with Crippen LogP contribution < -0.4 is 0 Å². The maximum atomic E-state index is 13.0. The van der Waals surface area contributed by atoms with E-state index in [9.17, 15) is 4.39 Å². The van der Waals surface area contributed by atoms with Crippen LogP contribution in [0.2, 0.25) is 0 Å². The second-order valence-electron chi connectivity index (χ2n) is 4.49. The quantitative estimate of drug-likeness (QED) is 0.769. The average molecular weight is 286 g/mol. The lowest BCUT2D eigenvalue weighted by atomic mass is 10.1. The Morgan fingerprint density at radius 2 is 2.31 bits per heavy atom. The Labute approximate surface area is 105 Å². The maximum absolute atomic E-state index is 13.0. The van der Waals surface area contributed by atoms with Gasteiger partial charge in [-0.3, -0.25) is 4.90 Å². The number of nitrogens with zero attached hydrogens (tertiary/aromatic N) is 1. The van der Waals surface area contributed by atoms with Crippen LogP contribution in [0.25, 0.3) is 0 Å². The summed E-state index contributed by atoms with van der Waals surface area (Å²) in [4.78, 5) is 2.48. The van der Waals surface area contributed by atoms with Gasteiger partial charge >= 0.3 is 0 Å². The molecule has 1 aliphatic rings. The average Bonchev–Trinajstić information content (AvgIpc) is 2.69.